The van der Waals surface area contributed by atoms with Gasteiger partial charge in [-0.05, 0) is 45.4 Å². The number of aliphatic hydroxyl groups is 1. The van der Waals surface area contributed by atoms with Crippen molar-refractivity contribution in [2.75, 3.05) is 19.6 Å². The number of nitrogens with zero attached hydrogens (tertiary/aromatic N) is 1. The highest BCUT2D eigenvalue weighted by Crippen LogP contribution is 2.32. The molecule has 2 N–H and O–H groups in total. The quantitative estimate of drug-likeness (QED) is 0.767. The van der Waals surface area contributed by atoms with Gasteiger partial charge in [0, 0.05) is 25.7 Å². The third-order valence-corrected chi connectivity index (χ3v) is 7.88. The van der Waals surface area contributed by atoms with Crippen LogP contribution >= 0.6 is 0 Å². The maximum Gasteiger partial charge on any atom is 0.287 e. The molecule has 1 saturated carbocycles. The van der Waals surface area contributed by atoms with E-state index in [1.807, 2.05) is 0 Å². The highest BCUT2D eigenvalue weighted by molar-refractivity contribution is 7.89. The van der Waals surface area contributed by atoms with E-state index in [0.29, 0.717) is 13.1 Å². The fourth-order valence-electron chi connectivity index (χ4n) is 4.12. The minimum atomic E-state index is -3.63. The standard InChI is InChI=1S/C19H30N2O5S/c1-14-17(27(24,25)21-10-6-7-11-21)12-16(26-14)18(22)20-13-19(2,23)15-8-4-3-5-9-15/h12,15,23H,3-11,13H2,1-2H3,(H,20,22). The van der Waals surface area contributed by atoms with Crippen LogP contribution in [0, 0.1) is 12.8 Å². The Hall–Kier alpha value is -1.38. The van der Waals surface area contributed by atoms with Gasteiger partial charge in [0.05, 0.1) is 5.60 Å². The lowest BCUT2D eigenvalue weighted by molar-refractivity contribution is -0.0145. The molecule has 1 unspecified atom stereocenters. The predicted molar refractivity (Wildman–Crippen MR) is 101 cm³/mol. The average molecular weight is 399 g/mol. The number of amides is 1. The Morgan fingerprint density at radius 3 is 2.52 bits per heavy atom. The summed E-state index contributed by atoms with van der Waals surface area (Å²) in [4.78, 5) is 12.5. The van der Waals surface area contributed by atoms with E-state index in [0.717, 1.165) is 38.5 Å². The lowest BCUT2D eigenvalue weighted by atomic mass is 9.78. The maximum absolute atomic E-state index is 12.7. The summed E-state index contributed by atoms with van der Waals surface area (Å²) in [7, 11) is -3.63. The van der Waals surface area contributed by atoms with Crippen LogP contribution in [0.3, 0.4) is 0 Å². The molecular weight excluding hydrogens is 368 g/mol. The Labute approximate surface area is 161 Å². The molecule has 0 aromatic carbocycles. The Bertz CT molecular complexity index is 772. The van der Waals surface area contributed by atoms with Crippen LogP contribution in [0.25, 0.3) is 0 Å². The number of sulfonamides is 1. The second-order valence-electron chi connectivity index (χ2n) is 8.02. The van der Waals surface area contributed by atoms with Gasteiger partial charge in [0.25, 0.3) is 5.91 Å². The van der Waals surface area contributed by atoms with E-state index < -0.39 is 21.5 Å². The van der Waals surface area contributed by atoms with Crippen molar-refractivity contribution in [3.8, 4) is 0 Å². The molecule has 0 spiro atoms. The van der Waals surface area contributed by atoms with Crippen LogP contribution in [0.1, 0.15) is 68.2 Å². The molecule has 152 valence electrons. The van der Waals surface area contributed by atoms with Gasteiger partial charge < -0.3 is 14.8 Å². The zero-order valence-corrected chi connectivity index (χ0v) is 17.0. The minimum absolute atomic E-state index is 0.0373. The number of aryl methyl sites for hydroxylation is 1. The van der Waals surface area contributed by atoms with Crippen LogP contribution < -0.4 is 5.32 Å². The first-order valence-electron chi connectivity index (χ1n) is 9.83. The molecule has 8 heteroatoms. The van der Waals surface area contributed by atoms with Crippen molar-refractivity contribution in [2.24, 2.45) is 5.92 Å². The summed E-state index contributed by atoms with van der Waals surface area (Å²) in [5, 5.41) is 13.4. The molecule has 2 aliphatic rings. The molecule has 7 nitrogen and oxygen atoms in total. The van der Waals surface area contributed by atoms with E-state index in [1.165, 1.54) is 16.8 Å². The van der Waals surface area contributed by atoms with Gasteiger partial charge in [-0.15, -0.1) is 0 Å². The van der Waals surface area contributed by atoms with E-state index in [4.69, 9.17) is 4.42 Å². The van der Waals surface area contributed by atoms with E-state index in [9.17, 15) is 18.3 Å². The monoisotopic (exact) mass is 398 g/mol. The van der Waals surface area contributed by atoms with E-state index >= 15 is 0 Å². The zero-order valence-electron chi connectivity index (χ0n) is 16.2. The average Bonchev–Trinajstić information content (AvgIpc) is 3.31. The van der Waals surface area contributed by atoms with Gasteiger partial charge in [-0.3, -0.25) is 4.79 Å². The topological polar surface area (TPSA) is 99.8 Å². The molecule has 27 heavy (non-hydrogen) atoms. The van der Waals surface area contributed by atoms with Crippen molar-refractivity contribution >= 4 is 15.9 Å². The summed E-state index contributed by atoms with van der Waals surface area (Å²) >= 11 is 0. The minimum Gasteiger partial charge on any atom is -0.455 e. The number of nitrogens with one attached hydrogen (secondary N) is 1. The number of rotatable bonds is 6. The van der Waals surface area contributed by atoms with Crippen molar-refractivity contribution in [3.63, 3.8) is 0 Å². The second kappa shape index (κ2) is 7.93. The molecular formula is C19H30N2O5S. The van der Waals surface area contributed by atoms with Crippen molar-refractivity contribution in [2.45, 2.75) is 69.3 Å². The van der Waals surface area contributed by atoms with Crippen LogP contribution in [-0.2, 0) is 10.0 Å². The number of hydrogen-bond donors (Lipinski definition) is 2. The van der Waals surface area contributed by atoms with E-state index in [2.05, 4.69) is 5.32 Å². The van der Waals surface area contributed by atoms with E-state index in [1.54, 1.807) is 13.8 Å². The first-order chi connectivity index (χ1) is 12.7. The normalized spacial score (nSPS) is 21.9. The van der Waals surface area contributed by atoms with Gasteiger partial charge >= 0.3 is 0 Å². The molecule has 1 atom stereocenters. The highest BCUT2D eigenvalue weighted by Gasteiger charge is 2.34. The summed E-state index contributed by atoms with van der Waals surface area (Å²) in [5.74, 6) is -0.163. The lowest BCUT2D eigenvalue weighted by Gasteiger charge is -2.35. The highest BCUT2D eigenvalue weighted by atomic mass is 32.2. The Morgan fingerprint density at radius 1 is 1.26 bits per heavy atom. The van der Waals surface area contributed by atoms with Gasteiger partial charge in [0.15, 0.2) is 5.76 Å². The molecule has 1 aliphatic heterocycles. The second-order valence-corrected chi connectivity index (χ2v) is 9.92. The molecule has 0 radical (unpaired) electrons. The summed E-state index contributed by atoms with van der Waals surface area (Å²) in [6, 6.07) is 1.30. The molecule has 1 aromatic heterocycles. The summed E-state index contributed by atoms with van der Waals surface area (Å²) < 4.78 is 32.3. The first kappa shape index (κ1) is 20.4. The SMILES string of the molecule is Cc1oc(C(=O)NCC(C)(O)C2CCCCC2)cc1S(=O)(=O)N1CCCC1. The van der Waals surface area contributed by atoms with Crippen LogP contribution in [0.15, 0.2) is 15.4 Å². The first-order valence-corrected chi connectivity index (χ1v) is 11.3. The zero-order chi connectivity index (χ0) is 19.7. The molecule has 0 bridgehead atoms. The van der Waals surface area contributed by atoms with Gasteiger partial charge in [0.2, 0.25) is 10.0 Å². The van der Waals surface area contributed by atoms with Crippen LogP contribution in [-0.4, -0.2) is 49.0 Å². The smallest absolute Gasteiger partial charge is 0.287 e. The number of carbonyl (C=O) groups is 1. The van der Waals surface area contributed by atoms with Crippen molar-refractivity contribution in [1.29, 1.82) is 0 Å². The van der Waals surface area contributed by atoms with Gasteiger partial charge in [0.1, 0.15) is 10.7 Å². The Balaban J connectivity index is 1.67. The maximum atomic E-state index is 12.7. The van der Waals surface area contributed by atoms with Gasteiger partial charge in [-0.1, -0.05) is 19.3 Å². The molecule has 2 heterocycles. The number of furan rings is 1. The Kier molecular flexibility index (Phi) is 5.98. The summed E-state index contributed by atoms with van der Waals surface area (Å²) in [5.41, 5.74) is -0.984. The Morgan fingerprint density at radius 2 is 1.89 bits per heavy atom. The molecule has 1 amide bonds. The molecule has 3 rings (SSSR count). The van der Waals surface area contributed by atoms with Gasteiger partial charge in [-0.2, -0.15) is 4.31 Å². The summed E-state index contributed by atoms with van der Waals surface area (Å²) in [6.45, 7) is 4.42. The number of hydrogen-bond acceptors (Lipinski definition) is 5. The third kappa shape index (κ3) is 4.38. The lowest BCUT2D eigenvalue weighted by Crippen LogP contribution is -2.46. The fourth-order valence-corrected chi connectivity index (χ4v) is 5.79. The van der Waals surface area contributed by atoms with Crippen molar-refractivity contribution in [1.82, 2.24) is 9.62 Å². The van der Waals surface area contributed by atoms with Crippen molar-refractivity contribution < 1.29 is 22.7 Å². The fraction of sp³-hybridized carbons (Fsp3) is 0.737. The largest absolute Gasteiger partial charge is 0.455 e. The van der Waals surface area contributed by atoms with Crippen LogP contribution in [0.4, 0.5) is 0 Å². The molecule has 2 fully saturated rings. The molecule has 1 aromatic rings. The third-order valence-electron chi connectivity index (χ3n) is 5.87. The van der Waals surface area contributed by atoms with Crippen LogP contribution in [0.2, 0.25) is 0 Å². The number of carbonyl (C=O) groups excluding carboxylic acids is 1. The van der Waals surface area contributed by atoms with Gasteiger partial charge in [-0.25, -0.2) is 8.42 Å². The van der Waals surface area contributed by atoms with Crippen molar-refractivity contribution in [3.05, 3.63) is 17.6 Å². The van der Waals surface area contributed by atoms with E-state index in [-0.39, 0.29) is 28.9 Å². The molecule has 1 aliphatic carbocycles. The molecule has 1 saturated heterocycles. The summed E-state index contributed by atoms with van der Waals surface area (Å²) in [6.07, 6.45) is 7.01. The predicted octanol–water partition coefficient (Wildman–Crippen LogP) is 2.43. The van der Waals surface area contributed by atoms with Crippen LogP contribution in [0.5, 0.6) is 0 Å².